The Bertz CT molecular complexity index is 786. The molecule has 4 rings (SSSR count). The van der Waals surface area contributed by atoms with Crippen LogP contribution in [0.1, 0.15) is 17.6 Å². The zero-order valence-electron chi connectivity index (χ0n) is 12.4. The van der Waals surface area contributed by atoms with Gasteiger partial charge in [0.25, 0.3) is 0 Å². The van der Waals surface area contributed by atoms with E-state index in [0.29, 0.717) is 6.61 Å². The van der Waals surface area contributed by atoms with Gasteiger partial charge in [0.15, 0.2) is 5.82 Å². The van der Waals surface area contributed by atoms with Gasteiger partial charge in [-0.05, 0) is 31.2 Å². The van der Waals surface area contributed by atoms with E-state index in [4.69, 9.17) is 14.1 Å². The summed E-state index contributed by atoms with van der Waals surface area (Å²) in [4.78, 5) is 11.7. The normalized spacial score (nSPS) is 18.8. The quantitative estimate of drug-likeness (QED) is 0.727. The van der Waals surface area contributed by atoms with Crippen LogP contribution in [0.2, 0.25) is 0 Å². The Morgan fingerprint density at radius 2 is 1.91 bits per heavy atom. The number of anilines is 1. The molecule has 5 heteroatoms. The second kappa shape index (κ2) is 5.42. The van der Waals surface area contributed by atoms with E-state index < -0.39 is 0 Å². The number of rotatable bonds is 2. The maximum atomic E-state index is 5.82. The SMILES string of the molecule is Cc1nc2ccccc2nc1N1CCOC(c2ccco2)C1. The standard InChI is InChI=1S/C17H17N3O2/c1-12-17(19-14-6-3-2-5-13(14)18-12)20-8-10-22-16(11-20)15-7-4-9-21-15/h2-7,9,16H,8,10-11H2,1H3. The Labute approximate surface area is 128 Å². The van der Waals surface area contributed by atoms with Crippen molar-refractivity contribution in [1.29, 1.82) is 0 Å². The highest BCUT2D eigenvalue weighted by molar-refractivity contribution is 5.76. The molecule has 1 aliphatic rings. The van der Waals surface area contributed by atoms with E-state index in [2.05, 4.69) is 9.88 Å². The molecule has 0 radical (unpaired) electrons. The van der Waals surface area contributed by atoms with Crippen LogP contribution in [0.3, 0.4) is 0 Å². The van der Waals surface area contributed by atoms with E-state index in [1.807, 2.05) is 43.3 Å². The van der Waals surface area contributed by atoms with Crippen molar-refractivity contribution in [2.24, 2.45) is 0 Å². The van der Waals surface area contributed by atoms with Gasteiger partial charge < -0.3 is 14.1 Å². The van der Waals surface area contributed by atoms with Crippen molar-refractivity contribution in [2.45, 2.75) is 13.0 Å². The Balaban J connectivity index is 1.67. The Kier molecular flexibility index (Phi) is 3.27. The number of hydrogen-bond donors (Lipinski definition) is 0. The highest BCUT2D eigenvalue weighted by Gasteiger charge is 2.26. The minimum atomic E-state index is -0.0589. The molecule has 1 atom stereocenters. The first-order chi connectivity index (χ1) is 10.8. The third kappa shape index (κ3) is 2.33. The largest absolute Gasteiger partial charge is 0.467 e. The number of morpholine rings is 1. The van der Waals surface area contributed by atoms with Crippen molar-refractivity contribution in [2.75, 3.05) is 24.6 Å². The number of aryl methyl sites for hydroxylation is 1. The third-order valence-corrected chi connectivity index (χ3v) is 3.95. The van der Waals surface area contributed by atoms with Gasteiger partial charge in [0.05, 0.1) is 36.1 Å². The van der Waals surface area contributed by atoms with E-state index in [1.54, 1.807) is 6.26 Å². The average Bonchev–Trinajstić information content (AvgIpc) is 3.09. The molecule has 0 spiro atoms. The van der Waals surface area contributed by atoms with Gasteiger partial charge in [-0.1, -0.05) is 12.1 Å². The van der Waals surface area contributed by atoms with Gasteiger partial charge >= 0.3 is 0 Å². The monoisotopic (exact) mass is 295 g/mol. The first-order valence-electron chi connectivity index (χ1n) is 7.44. The lowest BCUT2D eigenvalue weighted by Crippen LogP contribution is -2.39. The Morgan fingerprint density at radius 1 is 1.09 bits per heavy atom. The first-order valence-corrected chi connectivity index (χ1v) is 7.44. The molecule has 3 aromatic rings. The maximum absolute atomic E-state index is 5.82. The zero-order chi connectivity index (χ0) is 14.9. The minimum Gasteiger partial charge on any atom is -0.467 e. The molecule has 3 heterocycles. The topological polar surface area (TPSA) is 51.4 Å². The van der Waals surface area contributed by atoms with Crippen molar-refractivity contribution in [1.82, 2.24) is 9.97 Å². The van der Waals surface area contributed by atoms with Gasteiger partial charge in [0.1, 0.15) is 11.9 Å². The summed E-state index contributed by atoms with van der Waals surface area (Å²) in [5.41, 5.74) is 2.79. The van der Waals surface area contributed by atoms with Gasteiger partial charge in [0, 0.05) is 6.54 Å². The number of para-hydroxylation sites is 2. The van der Waals surface area contributed by atoms with Crippen molar-refractivity contribution in [3.63, 3.8) is 0 Å². The van der Waals surface area contributed by atoms with Gasteiger partial charge in [0.2, 0.25) is 0 Å². The summed E-state index contributed by atoms with van der Waals surface area (Å²) in [5.74, 6) is 1.79. The molecule has 22 heavy (non-hydrogen) atoms. The molecule has 1 saturated heterocycles. The van der Waals surface area contributed by atoms with Crippen LogP contribution in [-0.2, 0) is 4.74 Å². The van der Waals surface area contributed by atoms with Crippen LogP contribution in [0.4, 0.5) is 5.82 Å². The number of furan rings is 1. The molecule has 112 valence electrons. The number of aromatic nitrogens is 2. The third-order valence-electron chi connectivity index (χ3n) is 3.95. The molecule has 1 aromatic carbocycles. The van der Waals surface area contributed by atoms with E-state index >= 15 is 0 Å². The van der Waals surface area contributed by atoms with Crippen LogP contribution in [0.25, 0.3) is 11.0 Å². The molecular formula is C17H17N3O2. The van der Waals surface area contributed by atoms with Gasteiger partial charge in [-0.15, -0.1) is 0 Å². The summed E-state index contributed by atoms with van der Waals surface area (Å²) in [5, 5.41) is 0. The van der Waals surface area contributed by atoms with Gasteiger partial charge in [-0.25, -0.2) is 9.97 Å². The fourth-order valence-corrected chi connectivity index (χ4v) is 2.87. The van der Waals surface area contributed by atoms with Crippen molar-refractivity contribution in [3.05, 3.63) is 54.1 Å². The molecule has 0 saturated carbocycles. The van der Waals surface area contributed by atoms with E-state index in [-0.39, 0.29) is 6.10 Å². The molecule has 2 aromatic heterocycles. The lowest BCUT2D eigenvalue weighted by molar-refractivity contribution is 0.0254. The fourth-order valence-electron chi connectivity index (χ4n) is 2.87. The Hall–Kier alpha value is -2.40. The van der Waals surface area contributed by atoms with E-state index in [9.17, 15) is 0 Å². The van der Waals surface area contributed by atoms with E-state index in [0.717, 1.165) is 41.4 Å². The molecule has 1 unspecified atom stereocenters. The molecule has 1 aliphatic heterocycles. The van der Waals surface area contributed by atoms with Crippen molar-refractivity contribution in [3.8, 4) is 0 Å². The van der Waals surface area contributed by atoms with Crippen molar-refractivity contribution >= 4 is 16.9 Å². The zero-order valence-corrected chi connectivity index (χ0v) is 12.4. The van der Waals surface area contributed by atoms with Gasteiger partial charge in [-0.3, -0.25) is 0 Å². The summed E-state index contributed by atoms with van der Waals surface area (Å²) < 4.78 is 11.3. The smallest absolute Gasteiger partial charge is 0.150 e. The number of ether oxygens (including phenoxy) is 1. The van der Waals surface area contributed by atoms with Crippen LogP contribution in [0, 0.1) is 6.92 Å². The van der Waals surface area contributed by atoms with Crippen LogP contribution < -0.4 is 4.90 Å². The minimum absolute atomic E-state index is 0.0589. The summed E-state index contributed by atoms with van der Waals surface area (Å²) >= 11 is 0. The number of fused-ring (bicyclic) bond motifs is 1. The van der Waals surface area contributed by atoms with Crippen LogP contribution in [0.15, 0.2) is 47.1 Å². The van der Waals surface area contributed by atoms with Crippen LogP contribution in [0.5, 0.6) is 0 Å². The molecule has 0 aliphatic carbocycles. The molecular weight excluding hydrogens is 278 g/mol. The van der Waals surface area contributed by atoms with Crippen LogP contribution in [-0.4, -0.2) is 29.7 Å². The lowest BCUT2D eigenvalue weighted by atomic mass is 10.2. The van der Waals surface area contributed by atoms with Crippen molar-refractivity contribution < 1.29 is 9.15 Å². The summed E-state index contributed by atoms with van der Waals surface area (Å²) in [6, 6.07) is 11.8. The number of hydrogen-bond acceptors (Lipinski definition) is 5. The predicted octanol–water partition coefficient (Wildman–Crippen LogP) is 3.11. The molecule has 5 nitrogen and oxygen atoms in total. The maximum Gasteiger partial charge on any atom is 0.150 e. The highest BCUT2D eigenvalue weighted by Crippen LogP contribution is 2.27. The second-order valence-electron chi connectivity index (χ2n) is 5.44. The number of nitrogens with zero attached hydrogens (tertiary/aromatic N) is 3. The lowest BCUT2D eigenvalue weighted by Gasteiger charge is -2.33. The van der Waals surface area contributed by atoms with Crippen LogP contribution >= 0.6 is 0 Å². The molecule has 0 N–H and O–H groups in total. The average molecular weight is 295 g/mol. The highest BCUT2D eigenvalue weighted by atomic mass is 16.5. The molecule has 0 bridgehead atoms. The fraction of sp³-hybridized carbons (Fsp3) is 0.294. The first kappa shape index (κ1) is 13.3. The Morgan fingerprint density at radius 3 is 2.68 bits per heavy atom. The second-order valence-corrected chi connectivity index (χ2v) is 5.44. The van der Waals surface area contributed by atoms with Gasteiger partial charge in [-0.2, -0.15) is 0 Å². The molecule has 1 fully saturated rings. The van der Waals surface area contributed by atoms with E-state index in [1.165, 1.54) is 0 Å². The summed E-state index contributed by atoms with van der Waals surface area (Å²) in [6.45, 7) is 4.19. The number of benzene rings is 1. The predicted molar refractivity (Wildman–Crippen MR) is 83.9 cm³/mol. The summed E-state index contributed by atoms with van der Waals surface area (Å²) in [7, 11) is 0. The summed E-state index contributed by atoms with van der Waals surface area (Å²) in [6.07, 6.45) is 1.62. The molecule has 0 amide bonds.